The highest BCUT2D eigenvalue weighted by molar-refractivity contribution is 5.96. The number of hydrogen-bond acceptors (Lipinski definition) is 12. The van der Waals surface area contributed by atoms with Crippen LogP contribution in [-0.2, 0) is 24.1 Å². The first-order valence-corrected chi connectivity index (χ1v) is 47.4. The number of aryl methyl sites for hydroxylation is 3. The molecule has 2 saturated carbocycles. The van der Waals surface area contributed by atoms with Gasteiger partial charge in [0.2, 0.25) is 0 Å². The summed E-state index contributed by atoms with van der Waals surface area (Å²) in [6.07, 6.45) is 42.5. The Balaban J connectivity index is 0.000000367. The fourth-order valence-corrected chi connectivity index (χ4v) is 15.4. The zero-order valence-electron chi connectivity index (χ0n) is 76.9. The maximum atomic E-state index is 11.9. The molecule has 8 rings (SSSR count). The fraction of sp³-hybridized carbons (Fsp3) is 0.642. The van der Waals surface area contributed by atoms with Crippen LogP contribution in [0.1, 0.15) is 385 Å². The van der Waals surface area contributed by atoms with Crippen molar-refractivity contribution in [3.63, 3.8) is 0 Å². The van der Waals surface area contributed by atoms with Gasteiger partial charge >= 0.3 is 0 Å². The van der Waals surface area contributed by atoms with E-state index in [1.54, 1.807) is 13.0 Å². The summed E-state index contributed by atoms with van der Waals surface area (Å²) >= 11 is 0. The first-order chi connectivity index (χ1) is 57.2. The van der Waals surface area contributed by atoms with Crippen molar-refractivity contribution in [2.24, 2.45) is 23.7 Å². The number of aliphatic hydroxyl groups is 4. The number of Topliss-reactive ketones (excluding diaryl/α,β-unsaturated/α-hetero) is 2. The second kappa shape index (κ2) is 66.0. The molecule has 0 bridgehead atoms. The standard InChI is InChI=1S/C19H28O3.2C18H30O2.C18H30O.C17H24O3.C16H26O/c1-15(20)7-5-12-19(21)17-10-6-11-18(13-17)22-14-16-8-3-2-4-9-16;1-4-8-15(9-5-2)14-20-17-12-7-11-16(13-17)18(19)10-6-3;1-4-7-9-16-10-8-11-17(14-16)20-15-18(19,12-5-2)13-6-3;1-4-7-11-16-12-8-13-18(14-16)19-15-17(9-5-2)10-6-3;1-2-7-16(18)14-8-6-9-15(12-14)20-13-17(19)10-4-3-5-11-17;1-4-7-9-15-10-8-11-16(12-15)17-13-14(5-2)6-3/h6,10-11,13,16,19,21H,2-5,7-9,12,14H2,1H3;7,11-13,15,18-19H,4-6,8-10,14H2,1-3H3;8,10-11,14,19H,4-7,9,12-13,15H2,1-3H3;8,12-14,17H,4-7,9-11,15H2,1-3H3;6,8-9,12,19H,2-5,7,10-11,13H2,1H3;8,10-12,14H,4-7,9,13H2,1-3H3. The van der Waals surface area contributed by atoms with E-state index in [0.29, 0.717) is 67.5 Å². The molecule has 2 unspecified atom stereocenters. The van der Waals surface area contributed by atoms with Gasteiger partial charge in [-0.05, 0) is 260 Å². The van der Waals surface area contributed by atoms with Crippen molar-refractivity contribution < 1.29 is 58.4 Å². The van der Waals surface area contributed by atoms with Gasteiger partial charge in [-0.15, -0.1) is 0 Å². The second-order valence-electron chi connectivity index (χ2n) is 33.9. The van der Waals surface area contributed by atoms with Crippen molar-refractivity contribution in [1.29, 1.82) is 0 Å². The number of carbonyl (C=O) groups is 2. The van der Waals surface area contributed by atoms with E-state index < -0.39 is 17.3 Å². The van der Waals surface area contributed by atoms with E-state index >= 15 is 0 Å². The van der Waals surface area contributed by atoms with Crippen molar-refractivity contribution in [3.05, 3.63) is 179 Å². The van der Waals surface area contributed by atoms with Gasteiger partial charge in [0.15, 0.2) is 5.78 Å². The lowest BCUT2D eigenvalue weighted by atomic mass is 9.85. The van der Waals surface area contributed by atoms with Crippen LogP contribution in [0.2, 0.25) is 0 Å². The Kier molecular flexibility index (Phi) is 59.0. The quantitative estimate of drug-likeness (QED) is 0.0267. The molecule has 6 aromatic rings. The zero-order chi connectivity index (χ0) is 86.3. The molecule has 0 aliphatic heterocycles. The van der Waals surface area contributed by atoms with Crippen molar-refractivity contribution in [2.75, 3.05) is 39.6 Å². The summed E-state index contributed by atoms with van der Waals surface area (Å²) in [5, 5.41) is 41.2. The van der Waals surface area contributed by atoms with Gasteiger partial charge in [0.1, 0.15) is 53.5 Å². The number of rotatable bonds is 52. The maximum absolute atomic E-state index is 11.9. The van der Waals surface area contributed by atoms with Crippen LogP contribution in [0.4, 0.5) is 0 Å². The van der Waals surface area contributed by atoms with Crippen LogP contribution in [0.3, 0.4) is 0 Å². The summed E-state index contributed by atoms with van der Waals surface area (Å²) in [7, 11) is 0. The molecule has 4 N–H and O–H groups in total. The molecule has 0 heterocycles. The predicted octanol–water partition coefficient (Wildman–Crippen LogP) is 28.5. The molecular formula is C106H168O12. The van der Waals surface area contributed by atoms with E-state index in [1.807, 2.05) is 85.8 Å². The number of unbranched alkanes of at least 4 members (excludes halogenated alkanes) is 3. The SMILES string of the molecule is CC(=O)CCCC(O)c1cccc(OCC2CCCCC2)c1.CCCC(=O)c1cccc(OCC2(O)CCCCC2)c1.CCCC(CCC)COc1cccc(C(O)CCC)c1.CCCCc1cccc(OCC(CC)CC)c1.CCCCc1cccc(OCC(CCC)CCC)c1.CCCCc1cccc(OCC(O)(CCC)CCC)c1. The predicted molar refractivity (Wildman–Crippen MR) is 496 cm³/mol. The highest BCUT2D eigenvalue weighted by Gasteiger charge is 2.30. The highest BCUT2D eigenvalue weighted by atomic mass is 16.5. The molecule has 2 aliphatic carbocycles. The van der Waals surface area contributed by atoms with Gasteiger partial charge in [0.25, 0.3) is 0 Å². The minimum atomic E-state index is -0.693. The molecule has 6 aromatic carbocycles. The Hall–Kier alpha value is -6.70. The van der Waals surface area contributed by atoms with Crippen molar-refractivity contribution in [3.8, 4) is 34.5 Å². The summed E-state index contributed by atoms with van der Waals surface area (Å²) in [5.74, 6) is 8.41. The van der Waals surface area contributed by atoms with E-state index in [9.17, 15) is 30.0 Å². The molecule has 664 valence electrons. The summed E-state index contributed by atoms with van der Waals surface area (Å²) in [6, 6.07) is 48.4. The molecule has 0 aromatic heterocycles. The van der Waals surface area contributed by atoms with Crippen molar-refractivity contribution in [1.82, 2.24) is 0 Å². The normalized spacial score (nSPS) is 13.6. The smallest absolute Gasteiger partial charge is 0.162 e. The van der Waals surface area contributed by atoms with Crippen molar-refractivity contribution in [2.45, 2.75) is 377 Å². The summed E-state index contributed by atoms with van der Waals surface area (Å²) in [6.45, 7) is 34.0. The summed E-state index contributed by atoms with van der Waals surface area (Å²) in [4.78, 5) is 22.8. The molecule has 0 spiro atoms. The Labute approximate surface area is 719 Å². The molecule has 0 amide bonds. The van der Waals surface area contributed by atoms with Gasteiger partial charge in [-0.1, -0.05) is 278 Å². The van der Waals surface area contributed by atoms with E-state index in [1.165, 1.54) is 171 Å². The molecule has 2 atom stereocenters. The monoisotopic (exact) mass is 1630 g/mol. The molecule has 0 radical (unpaired) electrons. The fourth-order valence-electron chi connectivity index (χ4n) is 15.4. The van der Waals surface area contributed by atoms with Gasteiger partial charge < -0.3 is 53.6 Å². The molecule has 12 nitrogen and oxygen atoms in total. The average molecular weight is 1630 g/mol. The van der Waals surface area contributed by atoms with Gasteiger partial charge in [0.05, 0.1) is 49.8 Å². The third kappa shape index (κ3) is 48.1. The molecule has 12 heteroatoms. The van der Waals surface area contributed by atoms with Crippen LogP contribution in [0, 0.1) is 23.7 Å². The third-order valence-electron chi connectivity index (χ3n) is 22.7. The van der Waals surface area contributed by atoms with Gasteiger partial charge in [-0.2, -0.15) is 0 Å². The Bertz CT molecular complexity index is 3420. The van der Waals surface area contributed by atoms with E-state index in [2.05, 4.69) is 144 Å². The highest BCUT2D eigenvalue weighted by Crippen LogP contribution is 2.32. The van der Waals surface area contributed by atoms with Crippen molar-refractivity contribution >= 4 is 11.6 Å². The lowest BCUT2D eigenvalue weighted by Crippen LogP contribution is -2.37. The minimum absolute atomic E-state index is 0.148. The lowest BCUT2D eigenvalue weighted by molar-refractivity contribution is -0.117. The first kappa shape index (κ1) is 105. The summed E-state index contributed by atoms with van der Waals surface area (Å²) < 4.78 is 35.3. The molecular weight excluding hydrogens is 1470 g/mol. The number of carbonyl (C=O) groups excluding carboxylic acids is 2. The number of aliphatic hydroxyl groups excluding tert-OH is 2. The number of benzene rings is 6. The minimum Gasteiger partial charge on any atom is -0.493 e. The number of ketones is 2. The Morgan fingerprint density at radius 1 is 0.407 bits per heavy atom. The molecule has 2 fully saturated rings. The number of hydrogen-bond donors (Lipinski definition) is 4. The summed E-state index contributed by atoms with van der Waals surface area (Å²) in [5.41, 5.74) is 5.29. The van der Waals surface area contributed by atoms with Crippen LogP contribution in [0.15, 0.2) is 146 Å². The van der Waals surface area contributed by atoms with Crippen LogP contribution in [-0.4, -0.2) is 82.8 Å². The molecule has 2 aliphatic rings. The molecule has 118 heavy (non-hydrogen) atoms. The average Bonchev–Trinajstić information content (AvgIpc) is 0.855. The molecule has 0 saturated heterocycles. The maximum Gasteiger partial charge on any atom is 0.162 e. The Morgan fingerprint density at radius 2 is 0.805 bits per heavy atom. The topological polar surface area (TPSA) is 170 Å². The second-order valence-corrected chi connectivity index (χ2v) is 33.9. The van der Waals surface area contributed by atoms with E-state index in [0.717, 1.165) is 150 Å². The zero-order valence-corrected chi connectivity index (χ0v) is 76.9. The van der Waals surface area contributed by atoms with E-state index in [-0.39, 0.29) is 17.7 Å². The van der Waals surface area contributed by atoms with Crippen LogP contribution >= 0.6 is 0 Å². The number of ether oxygens (including phenoxy) is 6. The van der Waals surface area contributed by atoms with Crippen LogP contribution in [0.5, 0.6) is 34.5 Å². The van der Waals surface area contributed by atoms with Crippen LogP contribution in [0.25, 0.3) is 0 Å². The third-order valence-corrected chi connectivity index (χ3v) is 22.7. The largest absolute Gasteiger partial charge is 0.493 e. The van der Waals surface area contributed by atoms with Gasteiger partial charge in [-0.3, -0.25) is 4.79 Å². The first-order valence-electron chi connectivity index (χ1n) is 47.4. The van der Waals surface area contributed by atoms with Crippen LogP contribution < -0.4 is 28.4 Å². The Morgan fingerprint density at radius 3 is 1.23 bits per heavy atom. The lowest BCUT2D eigenvalue weighted by Gasteiger charge is -2.31. The van der Waals surface area contributed by atoms with Gasteiger partial charge in [0, 0.05) is 18.4 Å². The van der Waals surface area contributed by atoms with Gasteiger partial charge in [-0.25, -0.2) is 0 Å². The van der Waals surface area contributed by atoms with E-state index in [4.69, 9.17) is 28.4 Å².